The van der Waals surface area contributed by atoms with Gasteiger partial charge in [-0.2, -0.15) is 11.3 Å². The first kappa shape index (κ1) is 16.0. The molecule has 1 amide bonds. The van der Waals surface area contributed by atoms with E-state index in [4.69, 9.17) is 0 Å². The Morgan fingerprint density at radius 1 is 1.12 bits per heavy atom. The van der Waals surface area contributed by atoms with Gasteiger partial charge in [0.05, 0.1) is 4.88 Å². The van der Waals surface area contributed by atoms with Crippen LogP contribution in [0.4, 0.5) is 5.13 Å². The summed E-state index contributed by atoms with van der Waals surface area (Å²) in [5, 5.41) is 20.7. The van der Waals surface area contributed by atoms with E-state index in [0.29, 0.717) is 10.8 Å². The number of amides is 1. The smallest absolute Gasteiger partial charge is 0.276 e. The zero-order chi connectivity index (χ0) is 16.5. The molecule has 120 valence electrons. The number of rotatable bonds is 4. The molecule has 0 fully saturated rings. The topological polar surface area (TPSA) is 67.8 Å². The molecule has 0 radical (unpaired) electrons. The first-order chi connectivity index (χ1) is 11.7. The van der Waals surface area contributed by atoms with Crippen molar-refractivity contribution < 1.29 is 4.79 Å². The van der Waals surface area contributed by atoms with Crippen LogP contribution in [0.2, 0.25) is 0 Å². The highest BCUT2D eigenvalue weighted by atomic mass is 79.9. The van der Waals surface area contributed by atoms with E-state index in [0.717, 1.165) is 24.9 Å². The van der Waals surface area contributed by atoms with E-state index in [1.54, 1.807) is 28.1 Å². The molecule has 0 unspecified atom stereocenters. The van der Waals surface area contributed by atoms with Gasteiger partial charge in [-0.3, -0.25) is 10.1 Å². The predicted molar refractivity (Wildman–Crippen MR) is 104 cm³/mol. The highest BCUT2D eigenvalue weighted by Gasteiger charge is 2.15. The number of nitrogens with one attached hydrogen (secondary N) is 1. The number of carbonyl (C=O) groups excluding carboxylic acids is 1. The maximum absolute atomic E-state index is 12.3. The Morgan fingerprint density at radius 2 is 2.04 bits per heavy atom. The molecule has 4 aromatic rings. The van der Waals surface area contributed by atoms with Crippen LogP contribution in [0.5, 0.6) is 0 Å². The molecule has 0 atom stereocenters. The van der Waals surface area contributed by atoms with Crippen LogP contribution in [0.25, 0.3) is 20.5 Å². The highest BCUT2D eigenvalue weighted by molar-refractivity contribution is 9.10. The van der Waals surface area contributed by atoms with E-state index in [-0.39, 0.29) is 5.91 Å². The molecule has 0 aliphatic carbocycles. The van der Waals surface area contributed by atoms with Crippen LogP contribution in [-0.4, -0.2) is 21.1 Å². The van der Waals surface area contributed by atoms with Crippen molar-refractivity contribution in [2.45, 2.75) is 0 Å². The summed E-state index contributed by atoms with van der Waals surface area (Å²) in [5.74, 6) is -0.277. The third-order valence-corrected chi connectivity index (χ3v) is 7.20. The Labute approximate surface area is 161 Å². The molecule has 0 aliphatic heterocycles. The first-order valence-corrected chi connectivity index (χ1v) is 10.9. The summed E-state index contributed by atoms with van der Waals surface area (Å²) in [4.78, 5) is 17.8. The van der Waals surface area contributed by atoms with E-state index >= 15 is 0 Å². The van der Waals surface area contributed by atoms with Crippen LogP contribution < -0.4 is 5.32 Å². The van der Waals surface area contributed by atoms with E-state index < -0.39 is 0 Å². The molecule has 1 N–H and O–H groups in total. The number of hydrogen-bond donors (Lipinski definition) is 1. The number of nitrogens with zero attached hydrogens (tertiary/aromatic N) is 3. The molecular weight excluding hydrogens is 448 g/mol. The van der Waals surface area contributed by atoms with E-state index in [9.17, 15) is 4.79 Å². The average molecular weight is 455 g/mol. The van der Waals surface area contributed by atoms with E-state index in [1.807, 2.05) is 28.3 Å². The number of thiazole rings is 1. The van der Waals surface area contributed by atoms with Crippen LogP contribution in [0.3, 0.4) is 0 Å². The third kappa shape index (κ3) is 3.33. The molecule has 4 aromatic heterocycles. The largest absolute Gasteiger partial charge is 0.295 e. The molecular formula is C14H7BrN4OS4. The molecule has 10 heteroatoms. The van der Waals surface area contributed by atoms with Crippen molar-refractivity contribution in [2.75, 3.05) is 5.32 Å². The summed E-state index contributed by atoms with van der Waals surface area (Å²) >= 11 is 9.39. The minimum atomic E-state index is -0.277. The van der Waals surface area contributed by atoms with Crippen molar-refractivity contribution in [3.8, 4) is 20.5 Å². The van der Waals surface area contributed by atoms with Gasteiger partial charge in [0.15, 0.2) is 0 Å². The second-order valence-electron chi connectivity index (χ2n) is 4.55. The van der Waals surface area contributed by atoms with Crippen molar-refractivity contribution in [1.82, 2.24) is 15.2 Å². The molecule has 0 bridgehead atoms. The molecule has 0 saturated heterocycles. The fourth-order valence-electron chi connectivity index (χ4n) is 1.85. The van der Waals surface area contributed by atoms with Gasteiger partial charge in [-0.1, -0.05) is 11.3 Å². The predicted octanol–water partition coefficient (Wildman–Crippen LogP) is 5.47. The minimum absolute atomic E-state index is 0.277. The third-order valence-electron chi connectivity index (χ3n) is 2.93. The summed E-state index contributed by atoms with van der Waals surface area (Å²) in [7, 11) is 0. The Bertz CT molecular complexity index is 988. The monoisotopic (exact) mass is 454 g/mol. The second kappa shape index (κ2) is 6.81. The summed E-state index contributed by atoms with van der Waals surface area (Å²) in [5.41, 5.74) is 1.39. The van der Waals surface area contributed by atoms with Gasteiger partial charge in [0.2, 0.25) is 5.13 Å². The van der Waals surface area contributed by atoms with Crippen molar-refractivity contribution in [1.29, 1.82) is 0 Å². The SMILES string of the molecule is O=C(Nc1nnc(-c2ccsc2)s1)c1csc(-c2cc(Br)cs2)n1. The van der Waals surface area contributed by atoms with Gasteiger partial charge in [0.1, 0.15) is 15.7 Å². The number of hydrogen-bond acceptors (Lipinski definition) is 8. The molecule has 24 heavy (non-hydrogen) atoms. The molecule has 5 nitrogen and oxygen atoms in total. The fourth-order valence-corrected chi connectivity index (χ4v) is 5.61. The van der Waals surface area contributed by atoms with Gasteiger partial charge in [-0.05, 0) is 33.4 Å². The maximum atomic E-state index is 12.3. The van der Waals surface area contributed by atoms with Crippen LogP contribution in [0.15, 0.2) is 38.1 Å². The Hall–Kier alpha value is -1.46. The number of carbonyl (C=O) groups is 1. The lowest BCUT2D eigenvalue weighted by Gasteiger charge is -1.96. The molecule has 0 saturated carbocycles. The van der Waals surface area contributed by atoms with Crippen molar-refractivity contribution in [3.63, 3.8) is 0 Å². The Kier molecular flexibility index (Phi) is 4.55. The summed E-state index contributed by atoms with van der Waals surface area (Å²) in [6, 6.07) is 3.96. The quantitative estimate of drug-likeness (QED) is 0.443. The molecule has 0 spiro atoms. The zero-order valence-electron chi connectivity index (χ0n) is 11.7. The Morgan fingerprint density at radius 3 is 2.79 bits per heavy atom. The van der Waals surface area contributed by atoms with Crippen LogP contribution in [0.1, 0.15) is 10.5 Å². The van der Waals surface area contributed by atoms with Crippen molar-refractivity contribution in [3.05, 3.63) is 43.8 Å². The fraction of sp³-hybridized carbons (Fsp3) is 0. The van der Waals surface area contributed by atoms with Gasteiger partial charge in [-0.15, -0.1) is 32.9 Å². The van der Waals surface area contributed by atoms with Gasteiger partial charge >= 0.3 is 0 Å². The lowest BCUT2D eigenvalue weighted by Crippen LogP contribution is -2.12. The highest BCUT2D eigenvalue weighted by Crippen LogP contribution is 2.32. The molecule has 4 rings (SSSR count). The summed E-state index contributed by atoms with van der Waals surface area (Å²) < 4.78 is 1.01. The van der Waals surface area contributed by atoms with Crippen molar-refractivity contribution in [2.24, 2.45) is 0 Å². The summed E-state index contributed by atoms with van der Waals surface area (Å²) in [6.45, 7) is 0. The lowest BCUT2D eigenvalue weighted by atomic mass is 10.4. The van der Waals surface area contributed by atoms with Crippen LogP contribution >= 0.6 is 61.3 Å². The van der Waals surface area contributed by atoms with Gasteiger partial charge < -0.3 is 0 Å². The van der Waals surface area contributed by atoms with E-state index in [1.165, 1.54) is 22.7 Å². The van der Waals surface area contributed by atoms with E-state index in [2.05, 4.69) is 36.4 Å². The van der Waals surface area contributed by atoms with Crippen LogP contribution in [0, 0.1) is 0 Å². The standard InChI is InChI=1S/C14H7BrN4OS4/c15-8-3-10(22-5-8)13-16-9(6-23-13)11(20)17-14-19-18-12(24-14)7-1-2-21-4-7/h1-6H,(H,17,19,20). The summed E-state index contributed by atoms with van der Waals surface area (Å²) in [6.07, 6.45) is 0. The number of thiophene rings is 2. The molecule has 0 aromatic carbocycles. The zero-order valence-corrected chi connectivity index (χ0v) is 16.6. The molecule has 0 aliphatic rings. The van der Waals surface area contributed by atoms with Crippen LogP contribution in [-0.2, 0) is 0 Å². The number of anilines is 1. The van der Waals surface area contributed by atoms with Gasteiger partial charge in [-0.25, -0.2) is 4.98 Å². The average Bonchev–Trinajstić information content (AvgIpc) is 3.34. The van der Waals surface area contributed by atoms with Gasteiger partial charge in [0, 0.05) is 26.2 Å². The van der Waals surface area contributed by atoms with Gasteiger partial charge in [0.25, 0.3) is 5.91 Å². The Balaban J connectivity index is 1.50. The number of aromatic nitrogens is 3. The second-order valence-corrected chi connectivity index (χ2v) is 8.99. The maximum Gasteiger partial charge on any atom is 0.276 e. The van der Waals surface area contributed by atoms with Crippen molar-refractivity contribution >= 4 is 72.3 Å². The first-order valence-electron chi connectivity index (χ1n) is 6.56. The number of halogens is 1. The molecule has 4 heterocycles. The lowest BCUT2D eigenvalue weighted by molar-refractivity contribution is 0.102. The minimum Gasteiger partial charge on any atom is -0.295 e. The normalized spacial score (nSPS) is 10.9.